The number of hydrogen-bond acceptors (Lipinski definition) is 6. The minimum atomic E-state index is -0.201. The lowest BCUT2D eigenvalue weighted by molar-refractivity contribution is 0.0315. The predicted octanol–water partition coefficient (Wildman–Crippen LogP) is 1.67. The molecule has 1 saturated heterocycles. The average molecular weight is 346 g/mol. The van der Waals surface area contributed by atoms with E-state index in [1.54, 1.807) is 6.20 Å². The van der Waals surface area contributed by atoms with E-state index >= 15 is 0 Å². The summed E-state index contributed by atoms with van der Waals surface area (Å²) in [7, 11) is 0. The van der Waals surface area contributed by atoms with E-state index in [-0.39, 0.29) is 18.1 Å². The number of carbonyl (C=O) groups excluding carboxylic acids is 1. The molecule has 128 valence electrons. The highest BCUT2D eigenvalue weighted by atomic mass is 32.1. The van der Waals surface area contributed by atoms with Gasteiger partial charge in [0.05, 0.1) is 17.4 Å². The molecule has 4 rings (SSSR count). The molecule has 24 heavy (non-hydrogen) atoms. The van der Waals surface area contributed by atoms with Gasteiger partial charge in [0.25, 0.3) is 5.91 Å². The lowest BCUT2D eigenvalue weighted by Crippen LogP contribution is -2.53. The Balaban J connectivity index is 1.44. The van der Waals surface area contributed by atoms with Crippen LogP contribution in [0.5, 0.6) is 0 Å². The van der Waals surface area contributed by atoms with Gasteiger partial charge in [0, 0.05) is 43.8 Å². The zero-order chi connectivity index (χ0) is 16.7. The zero-order valence-electron chi connectivity index (χ0n) is 13.8. The third-order valence-corrected chi connectivity index (χ3v) is 6.13. The van der Waals surface area contributed by atoms with E-state index in [4.69, 9.17) is 0 Å². The molecular weight excluding hydrogens is 324 g/mol. The van der Waals surface area contributed by atoms with Crippen LogP contribution in [0.3, 0.4) is 0 Å². The summed E-state index contributed by atoms with van der Waals surface area (Å²) in [6.07, 6.45) is 4.54. The maximum Gasteiger partial charge on any atom is 0.255 e. The number of amides is 1. The summed E-state index contributed by atoms with van der Waals surface area (Å²) < 4.78 is 4.29. The van der Waals surface area contributed by atoms with E-state index in [9.17, 15) is 9.90 Å². The standard InChI is InChI=1S/C17H22N4O2S/c1-11-13-9-12(10-18-16(13)24-19-11)17(23)21-7-5-20(6-8-21)14-3-2-4-15(14)22/h9-10,14-15,22H,2-8H2,1H3/t14-,15-/m1/s1. The Kier molecular flexibility index (Phi) is 4.24. The molecule has 1 amide bonds. The molecule has 1 saturated carbocycles. The van der Waals surface area contributed by atoms with E-state index in [0.717, 1.165) is 48.3 Å². The number of aliphatic hydroxyl groups is 1. The second-order valence-corrected chi connectivity index (χ2v) is 7.49. The van der Waals surface area contributed by atoms with Crippen molar-refractivity contribution in [2.45, 2.75) is 38.3 Å². The lowest BCUT2D eigenvalue weighted by atomic mass is 10.1. The second kappa shape index (κ2) is 6.38. The molecule has 1 aliphatic carbocycles. The van der Waals surface area contributed by atoms with Crippen molar-refractivity contribution in [3.63, 3.8) is 0 Å². The van der Waals surface area contributed by atoms with Gasteiger partial charge < -0.3 is 10.0 Å². The smallest absolute Gasteiger partial charge is 0.255 e. The molecule has 0 unspecified atom stereocenters. The number of hydrogen-bond donors (Lipinski definition) is 1. The Bertz CT molecular complexity index is 754. The minimum absolute atomic E-state index is 0.0432. The topological polar surface area (TPSA) is 69.6 Å². The number of pyridine rings is 1. The number of carbonyl (C=O) groups is 1. The van der Waals surface area contributed by atoms with Crippen molar-refractivity contribution in [3.8, 4) is 0 Å². The summed E-state index contributed by atoms with van der Waals surface area (Å²) >= 11 is 1.37. The van der Waals surface area contributed by atoms with Crippen molar-refractivity contribution < 1.29 is 9.90 Å². The number of aliphatic hydroxyl groups excluding tert-OH is 1. The third kappa shape index (κ3) is 2.81. The van der Waals surface area contributed by atoms with Crippen molar-refractivity contribution in [1.82, 2.24) is 19.2 Å². The van der Waals surface area contributed by atoms with E-state index < -0.39 is 0 Å². The SMILES string of the molecule is Cc1nsc2ncc(C(=O)N3CCN([C@@H]4CCC[C@H]4O)CC3)cc12. The molecule has 0 radical (unpaired) electrons. The first-order chi connectivity index (χ1) is 11.6. The number of fused-ring (bicyclic) bond motifs is 1. The summed E-state index contributed by atoms with van der Waals surface area (Å²) in [5.74, 6) is 0.0432. The van der Waals surface area contributed by atoms with Gasteiger partial charge in [-0.15, -0.1) is 0 Å². The highest BCUT2D eigenvalue weighted by Crippen LogP contribution is 2.26. The molecule has 0 bridgehead atoms. The normalized spacial score (nSPS) is 25.5. The van der Waals surface area contributed by atoms with E-state index in [2.05, 4.69) is 14.3 Å². The van der Waals surface area contributed by atoms with Gasteiger partial charge in [0.15, 0.2) is 0 Å². The summed E-state index contributed by atoms with van der Waals surface area (Å²) in [6, 6.07) is 2.19. The molecule has 2 aromatic rings. The van der Waals surface area contributed by atoms with Crippen molar-refractivity contribution in [1.29, 1.82) is 0 Å². The van der Waals surface area contributed by atoms with Gasteiger partial charge in [0.1, 0.15) is 4.83 Å². The Hall–Kier alpha value is -1.57. The molecule has 3 heterocycles. The van der Waals surface area contributed by atoms with Crippen LogP contribution in [0.25, 0.3) is 10.2 Å². The van der Waals surface area contributed by atoms with E-state index in [1.165, 1.54) is 11.5 Å². The summed E-state index contributed by atoms with van der Waals surface area (Å²) in [6.45, 7) is 5.03. The van der Waals surface area contributed by atoms with Crippen LogP contribution < -0.4 is 0 Å². The number of aromatic nitrogens is 2. The highest BCUT2D eigenvalue weighted by molar-refractivity contribution is 7.12. The Morgan fingerprint density at radius 3 is 2.79 bits per heavy atom. The molecule has 1 N–H and O–H groups in total. The number of nitrogens with zero attached hydrogens (tertiary/aromatic N) is 4. The molecule has 2 fully saturated rings. The second-order valence-electron chi connectivity index (χ2n) is 6.74. The third-order valence-electron chi connectivity index (χ3n) is 5.27. The molecule has 7 heteroatoms. The molecule has 6 nitrogen and oxygen atoms in total. The fourth-order valence-corrected chi connectivity index (χ4v) is 4.57. The van der Waals surface area contributed by atoms with Crippen molar-refractivity contribution in [2.75, 3.05) is 26.2 Å². The van der Waals surface area contributed by atoms with Crippen LogP contribution in [-0.4, -0.2) is 68.5 Å². The first-order valence-corrected chi connectivity index (χ1v) is 9.34. The van der Waals surface area contributed by atoms with Crippen LogP contribution in [0.4, 0.5) is 0 Å². The van der Waals surface area contributed by atoms with Crippen molar-refractivity contribution >= 4 is 27.7 Å². The maximum atomic E-state index is 12.8. The highest BCUT2D eigenvalue weighted by Gasteiger charge is 2.33. The average Bonchev–Trinajstić information content (AvgIpc) is 3.20. The summed E-state index contributed by atoms with van der Waals surface area (Å²) in [5.41, 5.74) is 1.57. The minimum Gasteiger partial charge on any atom is -0.391 e. The van der Waals surface area contributed by atoms with Gasteiger partial charge in [-0.2, -0.15) is 4.37 Å². The number of piperazine rings is 1. The number of aryl methyl sites for hydroxylation is 1. The van der Waals surface area contributed by atoms with Crippen molar-refractivity contribution in [3.05, 3.63) is 23.5 Å². The Morgan fingerprint density at radius 2 is 2.08 bits per heavy atom. The summed E-state index contributed by atoms with van der Waals surface area (Å²) in [4.78, 5) is 22.3. The molecule has 2 aliphatic rings. The molecule has 1 aliphatic heterocycles. The molecular formula is C17H22N4O2S. The van der Waals surface area contributed by atoms with E-state index in [0.29, 0.717) is 18.7 Å². The van der Waals surface area contributed by atoms with Crippen LogP contribution in [0.1, 0.15) is 35.3 Å². The molecule has 2 aromatic heterocycles. The maximum absolute atomic E-state index is 12.8. The Labute approximate surface area is 145 Å². The van der Waals surface area contributed by atoms with Crippen LogP contribution >= 0.6 is 11.5 Å². The quantitative estimate of drug-likeness (QED) is 0.896. The first kappa shape index (κ1) is 15.9. The van der Waals surface area contributed by atoms with Crippen LogP contribution in [0.15, 0.2) is 12.3 Å². The van der Waals surface area contributed by atoms with Gasteiger partial charge >= 0.3 is 0 Å². The van der Waals surface area contributed by atoms with Crippen molar-refractivity contribution in [2.24, 2.45) is 0 Å². The summed E-state index contributed by atoms with van der Waals surface area (Å²) in [5, 5.41) is 11.0. The Morgan fingerprint density at radius 1 is 1.29 bits per heavy atom. The van der Waals surface area contributed by atoms with Gasteiger partial charge in [-0.25, -0.2) is 4.98 Å². The van der Waals surface area contributed by atoms with Gasteiger partial charge in [-0.3, -0.25) is 9.69 Å². The fourth-order valence-electron chi connectivity index (χ4n) is 3.85. The zero-order valence-corrected chi connectivity index (χ0v) is 14.6. The predicted molar refractivity (Wildman–Crippen MR) is 93.3 cm³/mol. The van der Waals surface area contributed by atoms with Gasteiger partial charge in [-0.1, -0.05) is 0 Å². The van der Waals surface area contributed by atoms with Crippen LogP contribution in [0.2, 0.25) is 0 Å². The van der Waals surface area contributed by atoms with Crippen LogP contribution in [0, 0.1) is 6.92 Å². The van der Waals surface area contributed by atoms with Gasteiger partial charge in [0.2, 0.25) is 0 Å². The largest absolute Gasteiger partial charge is 0.391 e. The first-order valence-electron chi connectivity index (χ1n) is 8.57. The van der Waals surface area contributed by atoms with Gasteiger partial charge in [-0.05, 0) is 43.8 Å². The molecule has 2 atom stereocenters. The fraction of sp³-hybridized carbons (Fsp3) is 0.588. The van der Waals surface area contributed by atoms with E-state index in [1.807, 2.05) is 17.9 Å². The van der Waals surface area contributed by atoms with Crippen LogP contribution in [-0.2, 0) is 0 Å². The molecule has 0 spiro atoms. The molecule has 0 aromatic carbocycles. The number of rotatable bonds is 2. The lowest BCUT2D eigenvalue weighted by Gasteiger charge is -2.39. The monoisotopic (exact) mass is 346 g/mol.